The van der Waals surface area contributed by atoms with Crippen LogP contribution >= 0.6 is 0 Å². The highest BCUT2D eigenvalue weighted by Crippen LogP contribution is 2.38. The Balaban J connectivity index is 2.52. The van der Waals surface area contributed by atoms with Gasteiger partial charge in [0.25, 0.3) is 0 Å². The molecule has 1 fully saturated rings. The maximum atomic E-state index is 11.6. The molecule has 4 N–H and O–H groups in total. The molecule has 1 rings (SSSR count). The van der Waals surface area contributed by atoms with Gasteiger partial charge in [-0.05, 0) is 32.6 Å². The first kappa shape index (κ1) is 11.0. The van der Waals surface area contributed by atoms with Gasteiger partial charge in [0, 0.05) is 0 Å². The number of amides is 1. The first-order chi connectivity index (χ1) is 6.35. The summed E-state index contributed by atoms with van der Waals surface area (Å²) in [5, 5.41) is 11.0. The Kier molecular flexibility index (Phi) is 2.80. The minimum Gasteiger partial charge on any atom is -0.480 e. The number of carboxylic acids is 1. The van der Waals surface area contributed by atoms with Crippen molar-refractivity contribution >= 4 is 11.9 Å². The van der Waals surface area contributed by atoms with Gasteiger partial charge in [-0.1, -0.05) is 0 Å². The number of hydrogen-bond donors (Lipinski definition) is 3. The van der Waals surface area contributed by atoms with E-state index in [0.29, 0.717) is 0 Å². The largest absolute Gasteiger partial charge is 0.480 e. The fourth-order valence-corrected chi connectivity index (χ4v) is 1.28. The average molecular weight is 200 g/mol. The van der Waals surface area contributed by atoms with E-state index in [1.807, 2.05) is 0 Å². The molecule has 0 saturated heterocycles. The van der Waals surface area contributed by atoms with Gasteiger partial charge >= 0.3 is 5.97 Å². The van der Waals surface area contributed by atoms with Gasteiger partial charge in [-0.2, -0.15) is 0 Å². The summed E-state index contributed by atoms with van der Waals surface area (Å²) in [6.45, 7) is 3.07. The van der Waals surface area contributed by atoms with E-state index in [2.05, 4.69) is 5.32 Å². The molecule has 5 nitrogen and oxygen atoms in total. The molecule has 0 radical (unpaired) electrons. The van der Waals surface area contributed by atoms with Gasteiger partial charge in [0.15, 0.2) is 0 Å². The Morgan fingerprint density at radius 2 is 2.07 bits per heavy atom. The summed E-state index contributed by atoms with van der Waals surface area (Å²) in [6.07, 6.45) is 1.89. The molecule has 0 aromatic heterocycles. The number of aliphatic carboxylic acids is 1. The lowest BCUT2D eigenvalue weighted by Gasteiger charge is -2.24. The second-order valence-corrected chi connectivity index (χ2v) is 4.09. The zero-order valence-corrected chi connectivity index (χ0v) is 8.41. The smallest absolute Gasteiger partial charge is 0.325 e. The number of carboxylic acid groups (broad SMARTS) is 1. The van der Waals surface area contributed by atoms with Crippen LogP contribution in [-0.2, 0) is 9.59 Å². The number of rotatable bonds is 4. The minimum absolute atomic E-state index is 0.198. The lowest BCUT2D eigenvalue weighted by Crippen LogP contribution is -2.56. The van der Waals surface area contributed by atoms with Crippen LogP contribution in [0, 0.1) is 5.92 Å². The molecule has 0 aromatic carbocycles. The lowest BCUT2D eigenvalue weighted by molar-refractivity contribution is -0.142. The predicted octanol–water partition coefficient (Wildman–Crippen LogP) is -0.297. The number of nitrogens with two attached hydrogens (primary N) is 1. The fraction of sp³-hybridized carbons (Fsp3) is 0.778. The van der Waals surface area contributed by atoms with Gasteiger partial charge in [-0.15, -0.1) is 0 Å². The van der Waals surface area contributed by atoms with Gasteiger partial charge in [-0.25, -0.2) is 0 Å². The number of hydrogen-bond acceptors (Lipinski definition) is 3. The molecule has 80 valence electrons. The highest BCUT2D eigenvalue weighted by atomic mass is 16.4. The molecule has 1 aliphatic rings. The Morgan fingerprint density at radius 1 is 1.57 bits per heavy atom. The zero-order chi connectivity index (χ0) is 10.9. The van der Waals surface area contributed by atoms with Crippen LogP contribution in [0.25, 0.3) is 0 Å². The highest BCUT2D eigenvalue weighted by Gasteiger charge is 2.44. The Bertz CT molecular complexity index is 259. The monoisotopic (exact) mass is 200 g/mol. The van der Waals surface area contributed by atoms with Crippen LogP contribution < -0.4 is 11.1 Å². The third kappa shape index (κ3) is 2.23. The maximum Gasteiger partial charge on any atom is 0.325 e. The molecule has 1 amide bonds. The summed E-state index contributed by atoms with van der Waals surface area (Å²) in [7, 11) is 0. The highest BCUT2D eigenvalue weighted by molar-refractivity contribution is 5.90. The first-order valence-electron chi connectivity index (χ1n) is 4.68. The van der Waals surface area contributed by atoms with Gasteiger partial charge in [-0.3, -0.25) is 9.59 Å². The quantitative estimate of drug-likeness (QED) is 0.581. The van der Waals surface area contributed by atoms with E-state index >= 15 is 0 Å². The third-order valence-electron chi connectivity index (χ3n) is 2.63. The topological polar surface area (TPSA) is 92.4 Å². The summed E-state index contributed by atoms with van der Waals surface area (Å²) in [5.74, 6) is -1.23. The summed E-state index contributed by atoms with van der Waals surface area (Å²) in [5.41, 5.74) is 4.88. The van der Waals surface area contributed by atoms with Crippen molar-refractivity contribution in [3.05, 3.63) is 0 Å². The van der Waals surface area contributed by atoms with Crippen LogP contribution in [0.1, 0.15) is 26.7 Å². The van der Waals surface area contributed by atoms with E-state index in [0.717, 1.165) is 12.8 Å². The van der Waals surface area contributed by atoms with Crippen molar-refractivity contribution in [1.82, 2.24) is 5.32 Å². The number of carbonyl (C=O) groups is 2. The molecule has 5 heteroatoms. The van der Waals surface area contributed by atoms with E-state index < -0.39 is 17.6 Å². The maximum absolute atomic E-state index is 11.6. The van der Waals surface area contributed by atoms with Crippen molar-refractivity contribution in [3.8, 4) is 0 Å². The van der Waals surface area contributed by atoms with Crippen molar-refractivity contribution in [3.63, 3.8) is 0 Å². The van der Waals surface area contributed by atoms with Crippen molar-refractivity contribution in [1.29, 1.82) is 0 Å². The predicted molar refractivity (Wildman–Crippen MR) is 50.6 cm³/mol. The van der Waals surface area contributed by atoms with Crippen LogP contribution in [0.3, 0.4) is 0 Å². The van der Waals surface area contributed by atoms with Gasteiger partial charge in [0.2, 0.25) is 5.91 Å². The summed E-state index contributed by atoms with van der Waals surface area (Å²) in [6, 6.07) is -0.885. The molecular formula is C9H16N2O3. The SMILES string of the molecule is C[C@@H](NC(=O)C(C)(N)C1CC1)C(=O)O. The van der Waals surface area contributed by atoms with Crippen molar-refractivity contribution in [2.75, 3.05) is 0 Å². The summed E-state index contributed by atoms with van der Waals surface area (Å²) >= 11 is 0. The molecule has 1 unspecified atom stereocenters. The molecule has 0 bridgehead atoms. The summed E-state index contributed by atoms with van der Waals surface area (Å²) < 4.78 is 0. The zero-order valence-electron chi connectivity index (χ0n) is 8.41. The minimum atomic E-state index is -1.05. The second kappa shape index (κ2) is 3.57. The standard InChI is InChI=1S/C9H16N2O3/c1-5(7(12)13)11-8(14)9(2,10)6-3-4-6/h5-6H,3-4,10H2,1-2H3,(H,11,14)(H,12,13)/t5-,9?/m1/s1. The van der Waals surface area contributed by atoms with E-state index in [1.54, 1.807) is 6.92 Å². The number of carbonyl (C=O) groups excluding carboxylic acids is 1. The van der Waals surface area contributed by atoms with Crippen LogP contribution in [0.2, 0.25) is 0 Å². The average Bonchev–Trinajstić information content (AvgIpc) is 2.85. The van der Waals surface area contributed by atoms with E-state index in [9.17, 15) is 9.59 Å². The number of nitrogens with one attached hydrogen (secondary N) is 1. The Hall–Kier alpha value is -1.10. The van der Waals surface area contributed by atoms with Crippen LogP contribution in [0.5, 0.6) is 0 Å². The van der Waals surface area contributed by atoms with Crippen molar-refractivity contribution in [2.45, 2.75) is 38.3 Å². The van der Waals surface area contributed by atoms with Crippen LogP contribution in [0.4, 0.5) is 0 Å². The molecule has 1 aliphatic carbocycles. The summed E-state index contributed by atoms with van der Waals surface area (Å²) in [4.78, 5) is 22.1. The van der Waals surface area contributed by atoms with Gasteiger partial charge in [0.1, 0.15) is 6.04 Å². The van der Waals surface area contributed by atoms with Crippen LogP contribution in [-0.4, -0.2) is 28.6 Å². The van der Waals surface area contributed by atoms with E-state index in [1.165, 1.54) is 6.92 Å². The molecule has 0 aliphatic heterocycles. The normalized spacial score (nSPS) is 22.2. The molecule has 0 spiro atoms. The first-order valence-corrected chi connectivity index (χ1v) is 4.68. The molecule has 1 saturated carbocycles. The fourth-order valence-electron chi connectivity index (χ4n) is 1.28. The van der Waals surface area contributed by atoms with Crippen molar-refractivity contribution in [2.24, 2.45) is 11.7 Å². The second-order valence-electron chi connectivity index (χ2n) is 4.09. The van der Waals surface area contributed by atoms with Gasteiger partial charge < -0.3 is 16.2 Å². The van der Waals surface area contributed by atoms with Crippen LogP contribution in [0.15, 0.2) is 0 Å². The Labute approximate surface area is 82.7 Å². The Morgan fingerprint density at radius 3 is 2.43 bits per heavy atom. The molecule has 0 heterocycles. The van der Waals surface area contributed by atoms with Gasteiger partial charge in [0.05, 0.1) is 5.54 Å². The molecule has 0 aromatic rings. The molecular weight excluding hydrogens is 184 g/mol. The van der Waals surface area contributed by atoms with E-state index in [4.69, 9.17) is 10.8 Å². The molecule has 2 atom stereocenters. The third-order valence-corrected chi connectivity index (χ3v) is 2.63. The molecule has 14 heavy (non-hydrogen) atoms. The lowest BCUT2D eigenvalue weighted by atomic mass is 9.96. The van der Waals surface area contributed by atoms with Crippen molar-refractivity contribution < 1.29 is 14.7 Å². The van der Waals surface area contributed by atoms with E-state index in [-0.39, 0.29) is 11.8 Å².